The highest BCUT2D eigenvalue weighted by Gasteiger charge is 2.07. The Balaban J connectivity index is 1.52. The predicted molar refractivity (Wildman–Crippen MR) is 91.3 cm³/mol. The zero-order valence-corrected chi connectivity index (χ0v) is 13.6. The number of nitrogens with one attached hydrogen (secondary N) is 2. The number of nitrogens with zero attached hydrogens (tertiary/aromatic N) is 2. The van der Waals surface area contributed by atoms with Crippen molar-refractivity contribution in [1.29, 1.82) is 0 Å². The first-order chi connectivity index (χ1) is 12.1. The molecule has 7 heteroatoms. The van der Waals surface area contributed by atoms with Gasteiger partial charge in [0.05, 0.1) is 17.8 Å². The molecule has 0 unspecified atom stereocenters. The third-order valence-corrected chi connectivity index (χ3v) is 3.57. The summed E-state index contributed by atoms with van der Waals surface area (Å²) < 4.78 is 5.66. The van der Waals surface area contributed by atoms with Crippen LogP contribution in [0.3, 0.4) is 0 Å². The molecule has 1 aromatic carbocycles. The summed E-state index contributed by atoms with van der Waals surface area (Å²) in [6.07, 6.45) is 3.14. The number of aromatic hydroxyl groups is 1. The molecule has 1 radical (unpaired) electrons. The van der Waals surface area contributed by atoms with Crippen LogP contribution in [0, 0.1) is 13.0 Å². The van der Waals surface area contributed by atoms with E-state index in [2.05, 4.69) is 26.6 Å². The number of hydrogen-bond acceptors (Lipinski definition) is 5. The first-order valence-corrected chi connectivity index (χ1v) is 7.71. The van der Waals surface area contributed by atoms with Crippen LogP contribution in [-0.2, 0) is 0 Å². The van der Waals surface area contributed by atoms with E-state index in [4.69, 9.17) is 9.84 Å². The smallest absolute Gasteiger partial charge is 0.252 e. The van der Waals surface area contributed by atoms with Gasteiger partial charge in [-0.3, -0.25) is 9.89 Å². The highest BCUT2D eigenvalue weighted by Crippen LogP contribution is 2.24. The molecule has 0 aliphatic carbocycles. The topological polar surface area (TPSA) is 100 Å². The molecule has 0 spiro atoms. The summed E-state index contributed by atoms with van der Waals surface area (Å²) in [4.78, 5) is 15.6. The lowest BCUT2D eigenvalue weighted by molar-refractivity contribution is 0.0946. The number of amides is 1. The molecular weight excluding hydrogens is 320 g/mol. The van der Waals surface area contributed by atoms with Crippen molar-refractivity contribution in [2.75, 3.05) is 13.2 Å². The molecule has 0 bridgehead atoms. The number of hydrogen-bond donors (Lipinski definition) is 3. The van der Waals surface area contributed by atoms with Crippen molar-refractivity contribution in [3.63, 3.8) is 0 Å². The predicted octanol–water partition coefficient (Wildman–Crippen LogP) is 2.09. The van der Waals surface area contributed by atoms with Gasteiger partial charge in [-0.25, -0.2) is 4.98 Å². The van der Waals surface area contributed by atoms with Gasteiger partial charge in [-0.2, -0.15) is 5.10 Å². The Morgan fingerprint density at radius 2 is 2.28 bits per heavy atom. The molecule has 3 aromatic rings. The summed E-state index contributed by atoms with van der Waals surface area (Å²) in [5.41, 5.74) is 3.24. The monoisotopic (exact) mass is 337 g/mol. The Morgan fingerprint density at radius 3 is 3.00 bits per heavy atom. The third-order valence-electron chi connectivity index (χ3n) is 3.57. The van der Waals surface area contributed by atoms with Crippen LogP contribution < -0.4 is 10.1 Å². The molecule has 3 rings (SSSR count). The van der Waals surface area contributed by atoms with Gasteiger partial charge < -0.3 is 15.2 Å². The lowest BCUT2D eigenvalue weighted by Gasteiger charge is -2.09. The van der Waals surface area contributed by atoms with Gasteiger partial charge >= 0.3 is 0 Å². The number of aromatic amines is 1. The molecule has 127 valence electrons. The normalized spacial score (nSPS) is 10.4. The van der Waals surface area contributed by atoms with Crippen molar-refractivity contribution >= 4 is 5.91 Å². The second kappa shape index (κ2) is 7.48. The fourth-order valence-electron chi connectivity index (χ4n) is 2.30. The summed E-state index contributed by atoms with van der Waals surface area (Å²) in [5.74, 6) is 0.271. The van der Waals surface area contributed by atoms with Gasteiger partial charge in [0.1, 0.15) is 12.4 Å². The van der Waals surface area contributed by atoms with E-state index in [1.807, 2.05) is 25.3 Å². The number of carbonyl (C=O) groups excluding carboxylic acids is 1. The van der Waals surface area contributed by atoms with Crippen LogP contribution in [0.5, 0.6) is 11.6 Å². The van der Waals surface area contributed by atoms with Gasteiger partial charge in [-0.15, -0.1) is 0 Å². The summed E-state index contributed by atoms with van der Waals surface area (Å²) >= 11 is 0. The number of aromatic nitrogens is 3. The first-order valence-electron chi connectivity index (χ1n) is 7.71. The molecule has 7 nitrogen and oxygen atoms in total. The highest BCUT2D eigenvalue weighted by atomic mass is 16.5. The van der Waals surface area contributed by atoms with Crippen LogP contribution in [0.1, 0.15) is 16.1 Å². The molecule has 0 saturated heterocycles. The van der Waals surface area contributed by atoms with Gasteiger partial charge in [0.25, 0.3) is 5.91 Å². The molecule has 2 heterocycles. The van der Waals surface area contributed by atoms with Crippen molar-refractivity contribution in [1.82, 2.24) is 20.5 Å². The van der Waals surface area contributed by atoms with Crippen molar-refractivity contribution in [2.45, 2.75) is 6.92 Å². The van der Waals surface area contributed by atoms with Crippen LogP contribution >= 0.6 is 0 Å². The van der Waals surface area contributed by atoms with E-state index in [1.165, 1.54) is 18.3 Å². The second-order valence-electron chi connectivity index (χ2n) is 5.35. The zero-order valence-electron chi connectivity index (χ0n) is 13.6. The first kappa shape index (κ1) is 16.5. The number of rotatable bonds is 6. The number of ether oxygens (including phenoxy) is 1. The minimum atomic E-state index is -0.273. The Kier molecular flexibility index (Phi) is 4.94. The van der Waals surface area contributed by atoms with Crippen LogP contribution in [-0.4, -0.2) is 39.3 Å². The van der Waals surface area contributed by atoms with Gasteiger partial charge in [-0.1, -0.05) is 0 Å². The number of carbonyl (C=O) groups is 1. The molecule has 3 N–H and O–H groups in total. The average Bonchev–Trinajstić information content (AvgIpc) is 3.05. The quantitative estimate of drug-likeness (QED) is 0.598. The van der Waals surface area contributed by atoms with Crippen LogP contribution in [0.4, 0.5) is 0 Å². The Hall–Kier alpha value is -3.35. The minimum Gasteiger partial charge on any atom is -0.493 e. The maximum atomic E-state index is 11.9. The summed E-state index contributed by atoms with van der Waals surface area (Å²) in [6.45, 7) is 2.58. The lowest BCUT2D eigenvalue weighted by atomic mass is 10.1. The molecule has 0 atom stereocenters. The summed E-state index contributed by atoms with van der Waals surface area (Å²) in [7, 11) is 0. The Morgan fingerprint density at radius 1 is 1.40 bits per heavy atom. The summed E-state index contributed by atoms with van der Waals surface area (Å²) in [6, 6.07) is 11.4. The van der Waals surface area contributed by atoms with Crippen molar-refractivity contribution in [2.24, 2.45) is 0 Å². The summed E-state index contributed by atoms with van der Waals surface area (Å²) in [5, 5.41) is 18.8. The molecular formula is C18H17N4O3. The SMILES string of the molecule is Cc1n[nH]cc1-c1c[c]cc(OCCNC(=O)c2ccc(O)nc2)c1. The minimum absolute atomic E-state index is 0.121. The van der Waals surface area contributed by atoms with E-state index < -0.39 is 0 Å². The molecule has 2 aromatic heterocycles. The van der Waals surface area contributed by atoms with Crippen molar-refractivity contribution in [3.8, 4) is 22.8 Å². The van der Waals surface area contributed by atoms with Crippen LogP contribution in [0.15, 0.2) is 42.7 Å². The maximum Gasteiger partial charge on any atom is 0.252 e. The van der Waals surface area contributed by atoms with E-state index >= 15 is 0 Å². The van der Waals surface area contributed by atoms with E-state index in [-0.39, 0.29) is 11.8 Å². The molecule has 0 saturated carbocycles. The number of benzene rings is 1. The molecule has 25 heavy (non-hydrogen) atoms. The number of H-pyrrole nitrogens is 1. The van der Waals surface area contributed by atoms with Gasteiger partial charge in [-0.05, 0) is 42.8 Å². The largest absolute Gasteiger partial charge is 0.493 e. The molecule has 0 aliphatic heterocycles. The fraction of sp³-hybridized carbons (Fsp3) is 0.167. The number of aryl methyl sites for hydroxylation is 1. The van der Waals surface area contributed by atoms with E-state index in [0.717, 1.165) is 16.8 Å². The fourth-order valence-corrected chi connectivity index (χ4v) is 2.30. The van der Waals surface area contributed by atoms with Gasteiger partial charge in [0, 0.05) is 24.0 Å². The third kappa shape index (κ3) is 4.14. The standard InChI is InChI=1S/C18H17N4O3/c1-12-16(11-21-22-12)13-3-2-4-15(9-13)25-8-7-19-18(24)14-5-6-17(23)20-10-14/h3-6,9-11H,7-8H2,1H3,(H,19,24)(H,20,23)(H,21,22). The van der Waals surface area contributed by atoms with Crippen LogP contribution in [0.25, 0.3) is 11.1 Å². The maximum absolute atomic E-state index is 11.9. The van der Waals surface area contributed by atoms with E-state index in [0.29, 0.717) is 24.5 Å². The average molecular weight is 337 g/mol. The van der Waals surface area contributed by atoms with Crippen molar-refractivity contribution in [3.05, 3.63) is 60.0 Å². The van der Waals surface area contributed by atoms with Gasteiger partial charge in [0.2, 0.25) is 5.88 Å². The lowest BCUT2D eigenvalue weighted by Crippen LogP contribution is -2.28. The van der Waals surface area contributed by atoms with E-state index in [9.17, 15) is 4.79 Å². The highest BCUT2D eigenvalue weighted by molar-refractivity contribution is 5.93. The zero-order chi connectivity index (χ0) is 17.6. The van der Waals surface area contributed by atoms with E-state index in [1.54, 1.807) is 6.07 Å². The molecule has 0 aliphatic rings. The molecule has 1 amide bonds. The Labute approximate surface area is 144 Å². The molecule has 0 fully saturated rings. The van der Waals surface area contributed by atoms with Crippen molar-refractivity contribution < 1.29 is 14.6 Å². The second-order valence-corrected chi connectivity index (χ2v) is 5.35. The number of pyridine rings is 1. The Bertz CT molecular complexity index is 859. The van der Waals surface area contributed by atoms with Gasteiger partial charge in [0.15, 0.2) is 0 Å². The van der Waals surface area contributed by atoms with Crippen LogP contribution in [0.2, 0.25) is 0 Å².